The van der Waals surface area contributed by atoms with Gasteiger partial charge in [-0.15, -0.1) is 6.58 Å². The number of esters is 1. The number of ether oxygens (including phenoxy) is 2. The molecular weight excluding hydrogens is 192 g/mol. The molecule has 0 radical (unpaired) electrons. The van der Waals surface area contributed by atoms with E-state index in [1.165, 1.54) is 0 Å². The summed E-state index contributed by atoms with van der Waals surface area (Å²) in [5, 5.41) is 0. The molecule has 0 saturated heterocycles. The van der Waals surface area contributed by atoms with Crippen LogP contribution in [0.25, 0.3) is 0 Å². The lowest BCUT2D eigenvalue weighted by Crippen LogP contribution is -2.22. The fraction of sp³-hybridized carbons (Fsp3) is 0.583. The van der Waals surface area contributed by atoms with Gasteiger partial charge in [-0.1, -0.05) is 12.7 Å². The summed E-state index contributed by atoms with van der Waals surface area (Å²) in [6, 6.07) is 0. The summed E-state index contributed by atoms with van der Waals surface area (Å²) in [6.07, 6.45) is 2.90. The van der Waals surface area contributed by atoms with E-state index in [4.69, 9.17) is 9.47 Å². The Morgan fingerprint density at radius 2 is 1.87 bits per heavy atom. The third-order valence-corrected chi connectivity index (χ3v) is 1.01. The van der Waals surface area contributed by atoms with Gasteiger partial charge in [0, 0.05) is 12.7 Å². The molecule has 0 amide bonds. The van der Waals surface area contributed by atoms with E-state index in [2.05, 4.69) is 13.2 Å². The molecule has 0 fully saturated rings. The second kappa shape index (κ2) is 9.46. The van der Waals surface area contributed by atoms with E-state index in [0.717, 1.165) is 12.7 Å². The lowest BCUT2D eigenvalue weighted by molar-refractivity contribution is -0.148. The second-order valence-electron chi connectivity index (χ2n) is 3.69. The maximum Gasteiger partial charge on any atom is 0.330 e. The summed E-state index contributed by atoms with van der Waals surface area (Å²) in [6.45, 7) is 15.6. The predicted molar refractivity (Wildman–Crippen MR) is 62.7 cm³/mol. The third kappa shape index (κ3) is 19.4. The van der Waals surface area contributed by atoms with E-state index in [1.807, 2.05) is 27.7 Å². The summed E-state index contributed by atoms with van der Waals surface area (Å²) in [4.78, 5) is 10.5. The zero-order valence-corrected chi connectivity index (χ0v) is 10.2. The minimum absolute atomic E-state index is 0.373. The Hall–Kier alpha value is -1.09. The van der Waals surface area contributed by atoms with Gasteiger partial charge in [-0.3, -0.25) is 0 Å². The zero-order chi connectivity index (χ0) is 12.3. The Morgan fingerprint density at radius 1 is 1.33 bits per heavy atom. The second-order valence-corrected chi connectivity index (χ2v) is 3.69. The number of carbonyl (C=O) groups excluding carboxylic acids is 1. The van der Waals surface area contributed by atoms with Crippen LogP contribution >= 0.6 is 0 Å². The molecule has 3 heteroatoms. The van der Waals surface area contributed by atoms with Crippen molar-refractivity contribution in [2.45, 2.75) is 33.3 Å². The molecule has 0 aromatic carbocycles. The molecule has 15 heavy (non-hydrogen) atoms. The van der Waals surface area contributed by atoms with Crippen LogP contribution in [0.5, 0.6) is 0 Å². The van der Waals surface area contributed by atoms with Crippen LogP contribution in [0.3, 0.4) is 0 Å². The fourth-order valence-corrected chi connectivity index (χ4v) is 0.545. The van der Waals surface area contributed by atoms with Crippen LogP contribution in [-0.2, 0) is 14.3 Å². The van der Waals surface area contributed by atoms with Gasteiger partial charge in [-0.2, -0.15) is 0 Å². The van der Waals surface area contributed by atoms with E-state index in [0.29, 0.717) is 6.61 Å². The van der Waals surface area contributed by atoms with Crippen LogP contribution in [0.2, 0.25) is 0 Å². The number of hydrogen-bond acceptors (Lipinski definition) is 3. The third-order valence-electron chi connectivity index (χ3n) is 1.01. The highest BCUT2D eigenvalue weighted by atomic mass is 16.6. The van der Waals surface area contributed by atoms with Gasteiger partial charge in [-0.25, -0.2) is 4.79 Å². The molecule has 0 spiro atoms. The molecule has 3 nitrogen and oxygen atoms in total. The van der Waals surface area contributed by atoms with Crippen molar-refractivity contribution in [3.05, 3.63) is 25.3 Å². The lowest BCUT2D eigenvalue weighted by atomic mass is 10.2. The number of hydrogen-bond donors (Lipinski definition) is 0. The van der Waals surface area contributed by atoms with Gasteiger partial charge in [0.2, 0.25) is 0 Å². The van der Waals surface area contributed by atoms with Gasteiger partial charge >= 0.3 is 5.97 Å². The smallest absolute Gasteiger partial charge is 0.330 e. The SMILES string of the molecule is C=CC(=O)OC(C)(C)C.C=CCOCC. The van der Waals surface area contributed by atoms with E-state index in [-0.39, 0.29) is 5.97 Å². The molecule has 0 heterocycles. The van der Waals surface area contributed by atoms with Gasteiger partial charge in [0.25, 0.3) is 0 Å². The Kier molecular flexibility index (Phi) is 10.3. The highest BCUT2D eigenvalue weighted by Gasteiger charge is 2.12. The first kappa shape index (κ1) is 16.3. The maximum absolute atomic E-state index is 10.5. The van der Waals surface area contributed by atoms with Crippen molar-refractivity contribution in [1.82, 2.24) is 0 Å². The molecular formula is C12H22O3. The van der Waals surface area contributed by atoms with Crippen LogP contribution in [0, 0.1) is 0 Å². The van der Waals surface area contributed by atoms with Crippen LogP contribution in [-0.4, -0.2) is 24.8 Å². The molecule has 0 aliphatic heterocycles. The topological polar surface area (TPSA) is 35.5 Å². The highest BCUT2D eigenvalue weighted by molar-refractivity contribution is 5.81. The molecule has 0 aromatic heterocycles. The minimum Gasteiger partial charge on any atom is -0.457 e. The molecule has 88 valence electrons. The van der Waals surface area contributed by atoms with Crippen LogP contribution < -0.4 is 0 Å². The lowest BCUT2D eigenvalue weighted by Gasteiger charge is -2.17. The van der Waals surface area contributed by atoms with Crippen LogP contribution in [0.15, 0.2) is 25.3 Å². The fourth-order valence-electron chi connectivity index (χ4n) is 0.545. The normalized spacial score (nSPS) is 9.60. The van der Waals surface area contributed by atoms with Crippen LogP contribution in [0.1, 0.15) is 27.7 Å². The van der Waals surface area contributed by atoms with Gasteiger partial charge < -0.3 is 9.47 Å². The Bertz CT molecular complexity index is 190. The van der Waals surface area contributed by atoms with Crippen molar-refractivity contribution in [2.75, 3.05) is 13.2 Å². The average molecular weight is 214 g/mol. The first-order chi connectivity index (χ1) is 6.87. The summed E-state index contributed by atoms with van der Waals surface area (Å²) < 4.78 is 9.69. The minimum atomic E-state index is -0.398. The summed E-state index contributed by atoms with van der Waals surface area (Å²) in [7, 11) is 0. The van der Waals surface area contributed by atoms with Gasteiger partial charge in [0.15, 0.2) is 0 Å². The first-order valence-electron chi connectivity index (χ1n) is 4.91. The molecule has 0 unspecified atom stereocenters. The van der Waals surface area contributed by atoms with E-state index >= 15 is 0 Å². The summed E-state index contributed by atoms with van der Waals surface area (Å²) >= 11 is 0. The van der Waals surface area contributed by atoms with E-state index < -0.39 is 5.60 Å². The molecule has 0 aromatic rings. The Labute approximate surface area is 92.8 Å². The molecule has 0 aliphatic rings. The molecule has 0 rings (SSSR count). The standard InChI is InChI=1S/C7H12O2.C5H10O/c1-5-6(8)9-7(2,3)4;1-3-5-6-4-2/h5H,1H2,2-4H3;3H,1,4-5H2,2H3. The quantitative estimate of drug-likeness (QED) is 0.312. The van der Waals surface area contributed by atoms with Gasteiger partial charge in [0.05, 0.1) is 6.61 Å². The van der Waals surface area contributed by atoms with E-state index in [9.17, 15) is 4.79 Å². The summed E-state index contributed by atoms with van der Waals surface area (Å²) in [5.74, 6) is -0.373. The van der Waals surface area contributed by atoms with Crippen molar-refractivity contribution >= 4 is 5.97 Å². The largest absolute Gasteiger partial charge is 0.457 e. The molecule has 0 atom stereocenters. The highest BCUT2D eigenvalue weighted by Crippen LogP contribution is 2.06. The van der Waals surface area contributed by atoms with Crippen molar-refractivity contribution in [2.24, 2.45) is 0 Å². The van der Waals surface area contributed by atoms with Crippen LogP contribution in [0.4, 0.5) is 0 Å². The van der Waals surface area contributed by atoms with Crippen molar-refractivity contribution in [1.29, 1.82) is 0 Å². The Balaban J connectivity index is 0. The van der Waals surface area contributed by atoms with Crippen molar-refractivity contribution in [3.8, 4) is 0 Å². The zero-order valence-electron chi connectivity index (χ0n) is 10.2. The monoisotopic (exact) mass is 214 g/mol. The summed E-state index contributed by atoms with van der Waals surface area (Å²) in [5.41, 5.74) is -0.398. The number of carbonyl (C=O) groups is 1. The molecule has 0 bridgehead atoms. The van der Waals surface area contributed by atoms with Gasteiger partial charge in [0.1, 0.15) is 5.60 Å². The van der Waals surface area contributed by atoms with Gasteiger partial charge in [-0.05, 0) is 27.7 Å². The predicted octanol–water partition coefficient (Wildman–Crippen LogP) is 2.72. The van der Waals surface area contributed by atoms with Crippen molar-refractivity contribution < 1.29 is 14.3 Å². The van der Waals surface area contributed by atoms with E-state index in [1.54, 1.807) is 6.08 Å². The Morgan fingerprint density at radius 3 is 2.00 bits per heavy atom. The maximum atomic E-state index is 10.5. The molecule has 0 N–H and O–H groups in total. The van der Waals surface area contributed by atoms with Crippen molar-refractivity contribution in [3.63, 3.8) is 0 Å². The number of rotatable bonds is 4. The first-order valence-corrected chi connectivity index (χ1v) is 4.91. The molecule has 0 aliphatic carbocycles. The average Bonchev–Trinajstić information content (AvgIpc) is 2.13. The molecule has 0 saturated carbocycles.